The second-order valence-electron chi connectivity index (χ2n) is 3.46. The van der Waals surface area contributed by atoms with Gasteiger partial charge in [-0.2, -0.15) is 0 Å². The van der Waals surface area contributed by atoms with Gasteiger partial charge in [-0.15, -0.1) is 0 Å². The van der Waals surface area contributed by atoms with Crippen LogP contribution in [0.2, 0.25) is 0 Å². The number of rotatable bonds is 6. The lowest BCUT2D eigenvalue weighted by Crippen LogP contribution is -2.36. The normalized spacial score (nSPS) is 11.9. The molecule has 0 aliphatic carbocycles. The van der Waals surface area contributed by atoms with Gasteiger partial charge in [0, 0.05) is 12.5 Å². The van der Waals surface area contributed by atoms with E-state index in [0.717, 1.165) is 0 Å². The molecule has 0 aliphatic heterocycles. The Balaban J connectivity index is 2.38. The van der Waals surface area contributed by atoms with Crippen LogP contribution in [0.1, 0.15) is 6.42 Å². The maximum Gasteiger partial charge on any atom is 0.322 e. The van der Waals surface area contributed by atoms with E-state index in [1.54, 1.807) is 19.2 Å². The highest BCUT2D eigenvalue weighted by Crippen LogP contribution is 2.12. The topological polar surface area (TPSA) is 47.6 Å². The summed E-state index contributed by atoms with van der Waals surface area (Å²) in [6, 6.07) is 5.47. The van der Waals surface area contributed by atoms with E-state index in [9.17, 15) is 9.18 Å². The third kappa shape index (κ3) is 4.40. The van der Waals surface area contributed by atoms with Crippen molar-refractivity contribution in [1.29, 1.82) is 0 Å². The molecule has 0 radical (unpaired) electrons. The molecule has 0 heterocycles. The summed E-state index contributed by atoms with van der Waals surface area (Å²) in [6.45, 7) is 0.310. The molecule has 0 aromatic heterocycles. The SMILES string of the molecule is CNC(CCOc1cccc(F)c1)C(=O)OC. The van der Waals surface area contributed by atoms with Crippen LogP contribution in [-0.4, -0.2) is 32.8 Å². The molecule has 5 heteroatoms. The van der Waals surface area contributed by atoms with Gasteiger partial charge in [0.25, 0.3) is 0 Å². The molecule has 0 spiro atoms. The number of carbonyl (C=O) groups is 1. The Morgan fingerprint density at radius 2 is 2.29 bits per heavy atom. The first kappa shape index (κ1) is 13.4. The van der Waals surface area contributed by atoms with Gasteiger partial charge in [0.15, 0.2) is 0 Å². The summed E-state index contributed by atoms with van der Waals surface area (Å²) in [7, 11) is 3.00. The Morgan fingerprint density at radius 1 is 1.53 bits per heavy atom. The monoisotopic (exact) mass is 241 g/mol. The highest BCUT2D eigenvalue weighted by molar-refractivity contribution is 5.75. The summed E-state index contributed by atoms with van der Waals surface area (Å²) >= 11 is 0. The summed E-state index contributed by atoms with van der Waals surface area (Å²) in [5, 5.41) is 2.82. The average molecular weight is 241 g/mol. The molecule has 1 aromatic rings. The third-order valence-corrected chi connectivity index (χ3v) is 2.31. The van der Waals surface area contributed by atoms with Gasteiger partial charge in [-0.25, -0.2) is 4.39 Å². The van der Waals surface area contributed by atoms with E-state index < -0.39 is 6.04 Å². The number of carbonyl (C=O) groups excluding carboxylic acids is 1. The standard InChI is InChI=1S/C12H16FNO3/c1-14-11(12(15)16-2)6-7-17-10-5-3-4-9(13)8-10/h3-5,8,11,14H,6-7H2,1-2H3. The highest BCUT2D eigenvalue weighted by atomic mass is 19.1. The second kappa shape index (κ2) is 6.85. The molecule has 0 aliphatic rings. The predicted octanol–water partition coefficient (Wildman–Crippen LogP) is 1.36. The fourth-order valence-electron chi connectivity index (χ4n) is 1.37. The summed E-state index contributed by atoms with van der Waals surface area (Å²) in [6.07, 6.45) is 0.458. The molecule has 0 saturated carbocycles. The first-order valence-electron chi connectivity index (χ1n) is 5.31. The number of methoxy groups -OCH3 is 1. The molecule has 4 nitrogen and oxygen atoms in total. The molecule has 94 valence electrons. The number of hydrogen-bond donors (Lipinski definition) is 1. The van der Waals surface area contributed by atoms with E-state index in [4.69, 9.17) is 4.74 Å². The molecule has 17 heavy (non-hydrogen) atoms. The van der Waals surface area contributed by atoms with Crippen molar-refractivity contribution in [3.05, 3.63) is 30.1 Å². The quantitative estimate of drug-likeness (QED) is 0.764. The Morgan fingerprint density at radius 3 is 2.88 bits per heavy atom. The number of esters is 1. The average Bonchev–Trinajstić information content (AvgIpc) is 2.34. The van der Waals surface area contributed by atoms with Crippen molar-refractivity contribution in [1.82, 2.24) is 5.32 Å². The third-order valence-electron chi connectivity index (χ3n) is 2.31. The maximum absolute atomic E-state index is 12.8. The second-order valence-corrected chi connectivity index (χ2v) is 3.46. The van der Waals surface area contributed by atoms with Crippen LogP contribution in [0, 0.1) is 5.82 Å². The summed E-state index contributed by atoms with van der Waals surface area (Å²) in [4.78, 5) is 11.2. The van der Waals surface area contributed by atoms with Gasteiger partial charge in [0.2, 0.25) is 0 Å². The molecular weight excluding hydrogens is 225 g/mol. The fourth-order valence-corrected chi connectivity index (χ4v) is 1.37. The van der Waals surface area contributed by atoms with Gasteiger partial charge in [-0.3, -0.25) is 4.79 Å². The zero-order chi connectivity index (χ0) is 12.7. The lowest BCUT2D eigenvalue weighted by Gasteiger charge is -2.13. The van der Waals surface area contributed by atoms with Crippen LogP contribution in [0.15, 0.2) is 24.3 Å². The maximum atomic E-state index is 12.8. The molecule has 1 rings (SSSR count). The van der Waals surface area contributed by atoms with Crippen LogP contribution in [0.4, 0.5) is 4.39 Å². The Bertz CT molecular complexity index is 371. The van der Waals surface area contributed by atoms with Crippen molar-refractivity contribution >= 4 is 5.97 Å². The number of ether oxygens (including phenoxy) is 2. The molecule has 1 aromatic carbocycles. The van der Waals surface area contributed by atoms with Crippen molar-refractivity contribution in [2.45, 2.75) is 12.5 Å². The largest absolute Gasteiger partial charge is 0.493 e. The number of nitrogens with one attached hydrogen (secondary N) is 1. The number of hydrogen-bond acceptors (Lipinski definition) is 4. The van der Waals surface area contributed by atoms with Gasteiger partial charge in [0.1, 0.15) is 17.6 Å². The van der Waals surface area contributed by atoms with E-state index in [2.05, 4.69) is 10.1 Å². The summed E-state index contributed by atoms with van der Waals surface area (Å²) in [5.41, 5.74) is 0. The minimum absolute atomic E-state index is 0.310. The van der Waals surface area contributed by atoms with Crippen molar-refractivity contribution in [2.24, 2.45) is 0 Å². The molecule has 1 atom stereocenters. The molecule has 0 saturated heterocycles. The lowest BCUT2D eigenvalue weighted by atomic mass is 10.2. The minimum atomic E-state index is -0.409. The number of halogens is 1. The zero-order valence-corrected chi connectivity index (χ0v) is 9.90. The fraction of sp³-hybridized carbons (Fsp3) is 0.417. The van der Waals surface area contributed by atoms with Crippen LogP contribution in [0.5, 0.6) is 5.75 Å². The van der Waals surface area contributed by atoms with E-state index in [0.29, 0.717) is 18.8 Å². The van der Waals surface area contributed by atoms with E-state index in [-0.39, 0.29) is 11.8 Å². The molecule has 0 amide bonds. The summed E-state index contributed by atoms with van der Waals surface area (Å²) in [5.74, 6) is -0.235. The van der Waals surface area contributed by atoms with Crippen LogP contribution in [0.25, 0.3) is 0 Å². The van der Waals surface area contributed by atoms with Gasteiger partial charge in [0.05, 0.1) is 13.7 Å². The smallest absolute Gasteiger partial charge is 0.322 e. The predicted molar refractivity (Wildman–Crippen MR) is 61.4 cm³/mol. The van der Waals surface area contributed by atoms with E-state index in [1.807, 2.05) is 0 Å². The number of benzene rings is 1. The Hall–Kier alpha value is -1.62. The van der Waals surface area contributed by atoms with E-state index >= 15 is 0 Å². The van der Waals surface area contributed by atoms with Crippen LogP contribution in [0.3, 0.4) is 0 Å². The van der Waals surface area contributed by atoms with Crippen molar-refractivity contribution in [3.63, 3.8) is 0 Å². The molecular formula is C12H16FNO3. The molecule has 1 N–H and O–H groups in total. The molecule has 0 bridgehead atoms. The molecule has 1 unspecified atom stereocenters. The first-order chi connectivity index (χ1) is 8.17. The van der Waals surface area contributed by atoms with Crippen LogP contribution >= 0.6 is 0 Å². The first-order valence-corrected chi connectivity index (χ1v) is 5.31. The van der Waals surface area contributed by atoms with E-state index in [1.165, 1.54) is 19.2 Å². The minimum Gasteiger partial charge on any atom is -0.493 e. The van der Waals surface area contributed by atoms with Crippen molar-refractivity contribution in [3.8, 4) is 5.75 Å². The number of likely N-dealkylation sites (N-methyl/N-ethyl adjacent to an activating group) is 1. The zero-order valence-electron chi connectivity index (χ0n) is 9.90. The van der Waals surface area contributed by atoms with Gasteiger partial charge >= 0.3 is 5.97 Å². The lowest BCUT2D eigenvalue weighted by molar-refractivity contribution is -0.143. The van der Waals surface area contributed by atoms with Gasteiger partial charge < -0.3 is 14.8 Å². The van der Waals surface area contributed by atoms with Crippen LogP contribution in [-0.2, 0) is 9.53 Å². The highest BCUT2D eigenvalue weighted by Gasteiger charge is 2.16. The van der Waals surface area contributed by atoms with Gasteiger partial charge in [-0.05, 0) is 19.2 Å². The van der Waals surface area contributed by atoms with Crippen LogP contribution < -0.4 is 10.1 Å². The van der Waals surface area contributed by atoms with Gasteiger partial charge in [-0.1, -0.05) is 6.07 Å². The van der Waals surface area contributed by atoms with Crippen molar-refractivity contribution < 1.29 is 18.7 Å². The van der Waals surface area contributed by atoms with Crippen molar-refractivity contribution in [2.75, 3.05) is 20.8 Å². The molecule has 0 fully saturated rings. The summed E-state index contributed by atoms with van der Waals surface area (Å²) < 4.78 is 22.8. The Labute approximate surface area is 99.7 Å². The Kier molecular flexibility index (Phi) is 5.42.